The minimum absolute atomic E-state index is 0.165. The van der Waals surface area contributed by atoms with E-state index in [1.54, 1.807) is 0 Å². The van der Waals surface area contributed by atoms with Crippen molar-refractivity contribution in [1.82, 2.24) is 4.98 Å². The molecule has 0 amide bonds. The lowest BCUT2D eigenvalue weighted by molar-refractivity contribution is -0.385. The summed E-state index contributed by atoms with van der Waals surface area (Å²) in [4.78, 5) is 13.4. The molecule has 0 aliphatic rings. The van der Waals surface area contributed by atoms with Crippen LogP contribution in [-0.4, -0.2) is 29.5 Å². The van der Waals surface area contributed by atoms with Crippen LogP contribution < -0.4 is 0 Å². The van der Waals surface area contributed by atoms with Crippen LogP contribution in [0.4, 0.5) is 5.69 Å². The van der Waals surface area contributed by atoms with Crippen molar-refractivity contribution in [3.63, 3.8) is 0 Å². The second-order valence-electron chi connectivity index (χ2n) is 3.72. The monoisotopic (exact) mass is 303 g/mol. The number of halogens is 1. The van der Waals surface area contributed by atoms with Crippen molar-refractivity contribution in [2.75, 3.05) is 5.88 Å². The van der Waals surface area contributed by atoms with Gasteiger partial charge in [0.25, 0.3) is 0 Å². The summed E-state index contributed by atoms with van der Waals surface area (Å²) in [6.07, 6.45) is 0.227. The number of nitro groups is 1. The molecule has 9 heteroatoms. The molecule has 0 N–H and O–H groups in total. The van der Waals surface area contributed by atoms with Crippen molar-refractivity contribution in [3.05, 3.63) is 27.9 Å². The Kier molecular flexibility index (Phi) is 4.80. The van der Waals surface area contributed by atoms with E-state index in [0.29, 0.717) is 0 Å². The van der Waals surface area contributed by atoms with E-state index in [4.69, 9.17) is 16.9 Å². The highest BCUT2D eigenvalue weighted by Gasteiger charge is 2.27. The van der Waals surface area contributed by atoms with Crippen LogP contribution in [0.2, 0.25) is 0 Å². The van der Waals surface area contributed by atoms with E-state index in [9.17, 15) is 18.5 Å². The first-order chi connectivity index (χ1) is 8.84. The van der Waals surface area contributed by atoms with Gasteiger partial charge >= 0.3 is 5.69 Å². The number of sulfone groups is 1. The molecule has 0 radical (unpaired) electrons. The number of alkyl halides is 1. The molecule has 0 bridgehead atoms. The van der Waals surface area contributed by atoms with E-state index in [2.05, 4.69) is 4.98 Å². The molecule has 7 nitrogen and oxygen atoms in total. The summed E-state index contributed by atoms with van der Waals surface area (Å²) in [5, 5.41) is 18.3. The van der Waals surface area contributed by atoms with Crippen molar-refractivity contribution >= 4 is 27.1 Å². The van der Waals surface area contributed by atoms with Crippen molar-refractivity contribution in [1.29, 1.82) is 5.26 Å². The topological polar surface area (TPSA) is 114 Å². The van der Waals surface area contributed by atoms with Crippen molar-refractivity contribution in [3.8, 4) is 6.07 Å². The van der Waals surface area contributed by atoms with Crippen LogP contribution in [0.3, 0.4) is 0 Å². The molecule has 1 aromatic rings. The molecule has 0 fully saturated rings. The smallest absolute Gasteiger partial charge is 0.258 e. The maximum Gasteiger partial charge on any atom is 0.305 e. The molecular weight excluding hydrogens is 294 g/mol. The first kappa shape index (κ1) is 15.3. The molecule has 0 aliphatic heterocycles. The Balaban J connectivity index is 3.31. The zero-order chi connectivity index (χ0) is 14.6. The number of hydrogen-bond acceptors (Lipinski definition) is 6. The van der Waals surface area contributed by atoms with Crippen LogP contribution >= 0.6 is 11.6 Å². The summed E-state index contributed by atoms with van der Waals surface area (Å²) >= 11 is 5.49. The predicted octanol–water partition coefficient (Wildman–Crippen LogP) is 1.65. The Morgan fingerprint density at radius 2 is 2.21 bits per heavy atom. The fourth-order valence-corrected chi connectivity index (χ4v) is 3.11. The maximum atomic E-state index is 12.1. The Morgan fingerprint density at radius 3 is 2.68 bits per heavy atom. The summed E-state index contributed by atoms with van der Waals surface area (Å²) < 4.78 is 24.1. The van der Waals surface area contributed by atoms with E-state index in [-0.39, 0.29) is 17.3 Å². The maximum absolute atomic E-state index is 12.1. The molecular formula is C10H10ClN3O4S. The van der Waals surface area contributed by atoms with Crippen LogP contribution in [0.1, 0.15) is 19.0 Å². The summed E-state index contributed by atoms with van der Waals surface area (Å²) in [6.45, 7) is 1.47. The summed E-state index contributed by atoms with van der Waals surface area (Å²) in [6, 6.07) is 3.51. The predicted molar refractivity (Wildman–Crippen MR) is 67.6 cm³/mol. The van der Waals surface area contributed by atoms with Gasteiger partial charge in [-0.2, -0.15) is 5.26 Å². The highest BCUT2D eigenvalue weighted by molar-refractivity contribution is 7.92. The minimum atomic E-state index is -3.75. The van der Waals surface area contributed by atoms with E-state index in [1.807, 2.05) is 0 Å². The largest absolute Gasteiger partial charge is 0.305 e. The van der Waals surface area contributed by atoms with Crippen LogP contribution in [0.15, 0.2) is 17.2 Å². The summed E-state index contributed by atoms with van der Waals surface area (Å²) in [7, 11) is -3.75. The standard InChI is InChI=1S/C10H10ClN3O4S/c1-7(4-5-11)19(17,18)10-3-2-9(14(15)16)8(6-12)13-10/h2-3,7H,4-5H2,1H3. The molecule has 1 unspecified atom stereocenters. The van der Waals surface area contributed by atoms with E-state index in [0.717, 1.165) is 12.1 Å². The van der Waals surface area contributed by atoms with E-state index in [1.165, 1.54) is 13.0 Å². The number of nitrogens with zero attached hydrogens (tertiary/aromatic N) is 3. The lowest BCUT2D eigenvalue weighted by Gasteiger charge is -2.10. The number of aromatic nitrogens is 1. The third kappa shape index (κ3) is 3.19. The number of nitriles is 1. The molecule has 1 heterocycles. The molecule has 1 aromatic heterocycles. The second-order valence-corrected chi connectivity index (χ2v) is 6.41. The molecule has 1 atom stereocenters. The zero-order valence-corrected chi connectivity index (χ0v) is 11.5. The van der Waals surface area contributed by atoms with Gasteiger partial charge in [-0.05, 0) is 19.4 Å². The van der Waals surface area contributed by atoms with Gasteiger partial charge in [-0.3, -0.25) is 10.1 Å². The molecule has 0 aliphatic carbocycles. The third-order valence-electron chi connectivity index (χ3n) is 2.49. The lowest BCUT2D eigenvalue weighted by atomic mass is 10.3. The van der Waals surface area contributed by atoms with Gasteiger partial charge in [0.2, 0.25) is 5.69 Å². The minimum Gasteiger partial charge on any atom is -0.258 e. The van der Waals surface area contributed by atoms with Gasteiger partial charge in [-0.25, -0.2) is 13.4 Å². The molecule has 0 aromatic carbocycles. The number of pyridine rings is 1. The molecule has 0 spiro atoms. The van der Waals surface area contributed by atoms with Crippen LogP contribution in [0, 0.1) is 21.4 Å². The SMILES string of the molecule is CC(CCCl)S(=O)(=O)c1ccc([N+](=O)[O-])c(C#N)n1. The first-order valence-electron chi connectivity index (χ1n) is 5.20. The quantitative estimate of drug-likeness (QED) is 0.464. The van der Waals surface area contributed by atoms with Crippen LogP contribution in [0.25, 0.3) is 0 Å². The highest BCUT2D eigenvalue weighted by atomic mass is 35.5. The Bertz CT molecular complexity index is 639. The Hall–Kier alpha value is -1.72. The number of hydrogen-bond donors (Lipinski definition) is 0. The van der Waals surface area contributed by atoms with Crippen molar-refractivity contribution in [2.45, 2.75) is 23.6 Å². The third-order valence-corrected chi connectivity index (χ3v) is 4.81. The second kappa shape index (κ2) is 5.95. The van der Waals surface area contributed by atoms with E-state index >= 15 is 0 Å². The van der Waals surface area contributed by atoms with Gasteiger partial charge in [0.05, 0.1) is 10.2 Å². The van der Waals surface area contributed by atoms with Crippen molar-refractivity contribution < 1.29 is 13.3 Å². The van der Waals surface area contributed by atoms with Gasteiger partial charge in [-0.15, -0.1) is 11.6 Å². The average molecular weight is 304 g/mol. The first-order valence-corrected chi connectivity index (χ1v) is 7.28. The average Bonchev–Trinajstić information content (AvgIpc) is 2.37. The zero-order valence-electron chi connectivity index (χ0n) is 9.91. The van der Waals surface area contributed by atoms with Gasteiger partial charge in [0.15, 0.2) is 14.9 Å². The van der Waals surface area contributed by atoms with Crippen LogP contribution in [0.5, 0.6) is 0 Å². The normalized spacial score (nSPS) is 12.7. The van der Waals surface area contributed by atoms with E-state index < -0.39 is 31.4 Å². The molecule has 1 rings (SSSR count). The van der Waals surface area contributed by atoms with Crippen molar-refractivity contribution in [2.24, 2.45) is 0 Å². The summed E-state index contributed by atoms with van der Waals surface area (Å²) in [5.74, 6) is 0.165. The van der Waals surface area contributed by atoms with Gasteiger partial charge in [0, 0.05) is 11.9 Å². The van der Waals surface area contributed by atoms with Gasteiger partial charge in [0.1, 0.15) is 6.07 Å². The van der Waals surface area contributed by atoms with Crippen LogP contribution in [-0.2, 0) is 9.84 Å². The summed E-state index contributed by atoms with van der Waals surface area (Å²) in [5.41, 5.74) is -1.05. The number of rotatable bonds is 5. The van der Waals surface area contributed by atoms with Gasteiger partial charge < -0.3 is 0 Å². The fraction of sp³-hybridized carbons (Fsp3) is 0.400. The van der Waals surface area contributed by atoms with Gasteiger partial charge in [-0.1, -0.05) is 0 Å². The molecule has 102 valence electrons. The fourth-order valence-electron chi connectivity index (χ4n) is 1.34. The Labute approximate surface area is 114 Å². The molecule has 0 saturated carbocycles. The molecule has 19 heavy (non-hydrogen) atoms. The molecule has 0 saturated heterocycles. The highest BCUT2D eigenvalue weighted by Crippen LogP contribution is 2.22. The Morgan fingerprint density at radius 1 is 1.58 bits per heavy atom. The lowest BCUT2D eigenvalue weighted by Crippen LogP contribution is -2.20.